The highest BCUT2D eigenvalue weighted by Crippen LogP contribution is 2.21. The van der Waals surface area contributed by atoms with Crippen LogP contribution in [0.15, 0.2) is 47.4 Å². The van der Waals surface area contributed by atoms with Crippen molar-refractivity contribution in [2.24, 2.45) is 0 Å². The summed E-state index contributed by atoms with van der Waals surface area (Å²) in [4.78, 5) is 16.5. The molecule has 0 aromatic heterocycles. The highest BCUT2D eigenvalue weighted by molar-refractivity contribution is 7.89. The van der Waals surface area contributed by atoms with Gasteiger partial charge in [0.15, 0.2) is 0 Å². The lowest BCUT2D eigenvalue weighted by molar-refractivity contribution is -0.133. The molecule has 7 heteroatoms. The van der Waals surface area contributed by atoms with Crippen LogP contribution in [0.5, 0.6) is 0 Å². The third-order valence-electron chi connectivity index (χ3n) is 3.13. The Bertz CT molecular complexity index is 774. The number of hydrogen-bond donors (Lipinski definition) is 1. The number of likely N-dealkylation sites (N-methyl/N-ethyl adjacent to an activating group) is 1. The molecule has 0 aliphatic heterocycles. The molecule has 1 amide bonds. The molecule has 6 nitrogen and oxygen atoms in total. The van der Waals surface area contributed by atoms with Crippen LogP contribution in [-0.2, 0) is 19.7 Å². The number of hydroxylamine groups is 1. The highest BCUT2D eigenvalue weighted by atomic mass is 32.2. The van der Waals surface area contributed by atoms with E-state index in [2.05, 4.69) is 5.48 Å². The van der Waals surface area contributed by atoms with Crippen molar-refractivity contribution in [2.45, 2.75) is 11.8 Å². The molecule has 0 spiro atoms. The first-order valence-electron chi connectivity index (χ1n) is 6.81. The number of benzene rings is 2. The van der Waals surface area contributed by atoms with Gasteiger partial charge in [-0.3, -0.25) is 9.63 Å². The summed E-state index contributed by atoms with van der Waals surface area (Å²) in [5.41, 5.74) is 2.17. The van der Waals surface area contributed by atoms with Crippen molar-refractivity contribution < 1.29 is 18.0 Å². The Kier molecular flexibility index (Phi) is 5.12. The molecule has 2 aromatic rings. The van der Waals surface area contributed by atoms with E-state index in [1.807, 2.05) is 24.3 Å². The van der Waals surface area contributed by atoms with Gasteiger partial charge in [0.05, 0.1) is 18.0 Å². The van der Waals surface area contributed by atoms with Gasteiger partial charge in [-0.2, -0.15) is 4.31 Å². The fourth-order valence-corrected chi connectivity index (χ4v) is 3.14. The van der Waals surface area contributed by atoms with Crippen LogP contribution >= 0.6 is 0 Å². The van der Waals surface area contributed by atoms with Crippen LogP contribution in [0.2, 0.25) is 0 Å². The van der Waals surface area contributed by atoms with E-state index in [-0.39, 0.29) is 11.4 Å². The fourth-order valence-electron chi connectivity index (χ4n) is 1.98. The van der Waals surface area contributed by atoms with Gasteiger partial charge in [-0.15, -0.1) is 0 Å². The molecule has 0 saturated heterocycles. The minimum absolute atomic E-state index is 0.151. The Morgan fingerprint density at radius 3 is 2.55 bits per heavy atom. The second-order valence-electron chi connectivity index (χ2n) is 4.73. The zero-order valence-corrected chi connectivity index (χ0v) is 13.3. The molecule has 0 radical (unpaired) electrons. The first kappa shape index (κ1) is 16.4. The Morgan fingerprint density at radius 1 is 1.18 bits per heavy atom. The Balaban J connectivity index is 2.22. The third-order valence-corrected chi connectivity index (χ3v) is 4.93. The molecule has 0 aliphatic carbocycles. The normalized spacial score (nSPS) is 11.8. The summed E-state index contributed by atoms with van der Waals surface area (Å²) in [5.74, 6) is -0.520. The van der Waals surface area contributed by atoms with E-state index >= 15 is 0 Å². The zero-order valence-electron chi connectivity index (χ0n) is 12.4. The van der Waals surface area contributed by atoms with Crippen molar-refractivity contribution in [1.29, 1.82) is 0 Å². The maximum absolute atomic E-state index is 12.5. The minimum Gasteiger partial charge on any atom is -0.274 e. The van der Waals surface area contributed by atoms with Crippen molar-refractivity contribution in [2.75, 3.05) is 20.2 Å². The van der Waals surface area contributed by atoms with Crippen molar-refractivity contribution in [1.82, 2.24) is 9.79 Å². The standard InChI is InChI=1S/C15H18N2O4S/c1-3-21-16-15(18)11-17(2)22(19,20)14-9-8-12-6-4-5-7-13(12)10-14/h4-10H,3,11H2,1-2H3,(H,16,18). The summed E-state index contributed by atoms with van der Waals surface area (Å²) in [6.07, 6.45) is 0. The van der Waals surface area contributed by atoms with Crippen LogP contribution in [-0.4, -0.2) is 38.8 Å². The molecule has 1 N–H and O–H groups in total. The molecule has 0 fully saturated rings. The molecule has 0 atom stereocenters. The van der Waals surface area contributed by atoms with Gasteiger partial charge in [0.25, 0.3) is 5.91 Å². The molecule has 118 valence electrons. The highest BCUT2D eigenvalue weighted by Gasteiger charge is 2.23. The van der Waals surface area contributed by atoms with Crippen molar-refractivity contribution >= 4 is 26.7 Å². The predicted octanol–water partition coefficient (Wildman–Crippen LogP) is 1.53. The molecule has 0 unspecified atom stereocenters. The Morgan fingerprint density at radius 2 is 1.86 bits per heavy atom. The topological polar surface area (TPSA) is 75.7 Å². The first-order chi connectivity index (χ1) is 10.4. The lowest BCUT2D eigenvalue weighted by atomic mass is 10.1. The lowest BCUT2D eigenvalue weighted by Crippen LogP contribution is -2.38. The van der Waals surface area contributed by atoms with Crippen LogP contribution in [0, 0.1) is 0 Å². The number of carbonyl (C=O) groups excluding carboxylic acids is 1. The SMILES string of the molecule is CCONC(=O)CN(C)S(=O)(=O)c1ccc2ccccc2c1. The van der Waals surface area contributed by atoms with Crippen LogP contribution in [0.1, 0.15) is 6.92 Å². The number of carbonyl (C=O) groups is 1. The Labute approximate surface area is 129 Å². The minimum atomic E-state index is -3.73. The quantitative estimate of drug-likeness (QED) is 0.818. The van der Waals surface area contributed by atoms with Gasteiger partial charge in [0, 0.05) is 7.05 Å². The molecule has 0 bridgehead atoms. The number of nitrogens with zero attached hydrogens (tertiary/aromatic N) is 1. The summed E-state index contributed by atoms with van der Waals surface area (Å²) < 4.78 is 26.0. The third kappa shape index (κ3) is 3.62. The second-order valence-corrected chi connectivity index (χ2v) is 6.77. The molecule has 0 heterocycles. The van der Waals surface area contributed by atoms with Crippen LogP contribution < -0.4 is 5.48 Å². The van der Waals surface area contributed by atoms with Gasteiger partial charge in [-0.1, -0.05) is 30.3 Å². The smallest absolute Gasteiger partial charge is 0.258 e. The van der Waals surface area contributed by atoms with E-state index in [9.17, 15) is 13.2 Å². The summed E-state index contributed by atoms with van der Waals surface area (Å²) in [6.45, 7) is 1.72. The average Bonchev–Trinajstić information content (AvgIpc) is 2.52. The summed E-state index contributed by atoms with van der Waals surface area (Å²) in [6, 6.07) is 12.4. The lowest BCUT2D eigenvalue weighted by Gasteiger charge is -2.17. The summed E-state index contributed by atoms with van der Waals surface area (Å²) in [5, 5.41) is 1.79. The van der Waals surface area contributed by atoms with Crippen molar-refractivity contribution in [3.05, 3.63) is 42.5 Å². The largest absolute Gasteiger partial charge is 0.274 e. The number of hydrogen-bond acceptors (Lipinski definition) is 4. The van der Waals surface area contributed by atoms with E-state index in [1.165, 1.54) is 13.1 Å². The maximum Gasteiger partial charge on any atom is 0.258 e. The number of nitrogens with one attached hydrogen (secondary N) is 1. The molecule has 0 saturated carbocycles. The van der Waals surface area contributed by atoms with Gasteiger partial charge in [-0.25, -0.2) is 13.9 Å². The van der Waals surface area contributed by atoms with E-state index in [0.29, 0.717) is 6.61 Å². The Hall–Kier alpha value is -1.96. The molecular weight excluding hydrogens is 304 g/mol. The molecular formula is C15H18N2O4S. The average molecular weight is 322 g/mol. The molecule has 2 aromatic carbocycles. The van der Waals surface area contributed by atoms with E-state index in [4.69, 9.17) is 4.84 Å². The fraction of sp³-hybridized carbons (Fsp3) is 0.267. The van der Waals surface area contributed by atoms with Gasteiger partial charge >= 0.3 is 0 Å². The van der Waals surface area contributed by atoms with Crippen LogP contribution in [0.25, 0.3) is 10.8 Å². The number of fused-ring (bicyclic) bond motifs is 1. The predicted molar refractivity (Wildman–Crippen MR) is 83.5 cm³/mol. The molecule has 0 aliphatic rings. The first-order valence-corrected chi connectivity index (χ1v) is 8.25. The monoisotopic (exact) mass is 322 g/mol. The summed E-state index contributed by atoms with van der Waals surface area (Å²) >= 11 is 0. The van der Waals surface area contributed by atoms with Crippen molar-refractivity contribution in [3.8, 4) is 0 Å². The second kappa shape index (κ2) is 6.87. The van der Waals surface area contributed by atoms with Gasteiger partial charge in [0.1, 0.15) is 0 Å². The number of amides is 1. The zero-order chi connectivity index (χ0) is 16.2. The van der Waals surface area contributed by atoms with Gasteiger partial charge in [0.2, 0.25) is 10.0 Å². The maximum atomic E-state index is 12.5. The van der Waals surface area contributed by atoms with Crippen LogP contribution in [0.4, 0.5) is 0 Å². The van der Waals surface area contributed by atoms with E-state index in [0.717, 1.165) is 15.1 Å². The number of sulfonamides is 1. The van der Waals surface area contributed by atoms with Crippen molar-refractivity contribution in [3.63, 3.8) is 0 Å². The van der Waals surface area contributed by atoms with E-state index < -0.39 is 15.9 Å². The summed E-state index contributed by atoms with van der Waals surface area (Å²) in [7, 11) is -2.38. The van der Waals surface area contributed by atoms with Crippen LogP contribution in [0.3, 0.4) is 0 Å². The van der Waals surface area contributed by atoms with Gasteiger partial charge < -0.3 is 0 Å². The van der Waals surface area contributed by atoms with E-state index in [1.54, 1.807) is 19.1 Å². The van der Waals surface area contributed by atoms with Gasteiger partial charge in [-0.05, 0) is 29.8 Å². The number of rotatable bonds is 6. The molecule has 2 rings (SSSR count). The molecule has 22 heavy (non-hydrogen) atoms.